The van der Waals surface area contributed by atoms with Crippen LogP contribution >= 0.6 is 34.5 Å². The first-order valence-corrected chi connectivity index (χ1v) is 16.4. The first-order chi connectivity index (χ1) is 22.4. The standard InChI is InChI=1S/C37H27Cl2N3O3S/c1-2-45-36(44)32-33(23-11-5-3-6-12-23)40-37-42(34(32)24-13-7-4-8-14-24)35(43)31(46-37)19-26-22-41(30-16-10-9-15-28(26)30)21-25-17-18-27(38)20-29(25)39/h3-20,22,34H,2,21H2,1H3/b31-19+. The zero-order valence-corrected chi connectivity index (χ0v) is 27.0. The number of esters is 1. The van der Waals surface area contributed by atoms with Crippen LogP contribution in [0.1, 0.15) is 35.2 Å². The van der Waals surface area contributed by atoms with Crippen molar-refractivity contribution in [3.63, 3.8) is 0 Å². The molecular weight excluding hydrogens is 637 g/mol. The number of carbonyl (C=O) groups is 1. The van der Waals surface area contributed by atoms with Crippen molar-refractivity contribution in [3.8, 4) is 0 Å². The van der Waals surface area contributed by atoms with E-state index in [1.54, 1.807) is 17.6 Å². The molecule has 7 rings (SSSR count). The van der Waals surface area contributed by atoms with Gasteiger partial charge in [-0.3, -0.25) is 9.36 Å². The van der Waals surface area contributed by atoms with Gasteiger partial charge in [0.25, 0.3) is 5.56 Å². The molecule has 0 fully saturated rings. The van der Waals surface area contributed by atoms with Crippen LogP contribution < -0.4 is 14.9 Å². The Morgan fingerprint density at radius 2 is 1.67 bits per heavy atom. The molecular formula is C37H27Cl2N3O3S. The number of aromatic nitrogens is 2. The summed E-state index contributed by atoms with van der Waals surface area (Å²) in [7, 11) is 0. The molecule has 4 aromatic carbocycles. The van der Waals surface area contributed by atoms with E-state index in [2.05, 4.69) is 4.57 Å². The van der Waals surface area contributed by atoms with Crippen molar-refractivity contribution in [1.82, 2.24) is 9.13 Å². The molecule has 0 spiro atoms. The molecule has 0 amide bonds. The Hall–Kier alpha value is -4.69. The highest BCUT2D eigenvalue weighted by Crippen LogP contribution is 2.35. The van der Waals surface area contributed by atoms with Gasteiger partial charge in [0, 0.05) is 44.8 Å². The molecule has 2 aromatic heterocycles. The zero-order valence-electron chi connectivity index (χ0n) is 24.7. The van der Waals surface area contributed by atoms with E-state index in [0.717, 1.165) is 33.2 Å². The van der Waals surface area contributed by atoms with Crippen LogP contribution in [0.3, 0.4) is 0 Å². The zero-order chi connectivity index (χ0) is 31.8. The van der Waals surface area contributed by atoms with Crippen LogP contribution in [0, 0.1) is 0 Å². The van der Waals surface area contributed by atoms with Crippen molar-refractivity contribution in [2.45, 2.75) is 19.5 Å². The monoisotopic (exact) mass is 663 g/mol. The molecule has 0 saturated heterocycles. The fourth-order valence-corrected chi connectivity index (χ4v) is 7.35. The van der Waals surface area contributed by atoms with Crippen molar-refractivity contribution in [1.29, 1.82) is 0 Å². The Morgan fingerprint density at radius 3 is 2.41 bits per heavy atom. The van der Waals surface area contributed by atoms with Gasteiger partial charge in [-0.15, -0.1) is 0 Å². The second-order valence-electron chi connectivity index (χ2n) is 10.8. The molecule has 9 heteroatoms. The van der Waals surface area contributed by atoms with E-state index < -0.39 is 12.0 Å². The second-order valence-corrected chi connectivity index (χ2v) is 12.7. The molecule has 228 valence electrons. The largest absolute Gasteiger partial charge is 0.463 e. The molecule has 1 aliphatic rings. The van der Waals surface area contributed by atoms with Crippen molar-refractivity contribution in [3.05, 3.63) is 167 Å². The van der Waals surface area contributed by atoms with Crippen LogP contribution in [-0.2, 0) is 16.1 Å². The Labute approximate surface area is 278 Å². The highest BCUT2D eigenvalue weighted by Gasteiger charge is 2.35. The highest BCUT2D eigenvalue weighted by atomic mass is 35.5. The summed E-state index contributed by atoms with van der Waals surface area (Å²) >= 11 is 14.0. The fourth-order valence-electron chi connectivity index (χ4n) is 5.89. The average Bonchev–Trinajstić information content (AvgIpc) is 3.58. The summed E-state index contributed by atoms with van der Waals surface area (Å²) in [5.41, 5.74) is 4.98. The predicted octanol–water partition coefficient (Wildman–Crippen LogP) is 7.25. The molecule has 0 saturated carbocycles. The number of halogens is 2. The van der Waals surface area contributed by atoms with Crippen LogP contribution in [0.5, 0.6) is 0 Å². The summed E-state index contributed by atoms with van der Waals surface area (Å²) in [6.07, 6.45) is 3.94. The summed E-state index contributed by atoms with van der Waals surface area (Å²) in [5, 5.41) is 2.17. The highest BCUT2D eigenvalue weighted by molar-refractivity contribution is 7.07. The number of benzene rings is 4. The number of para-hydroxylation sites is 1. The van der Waals surface area contributed by atoms with E-state index in [9.17, 15) is 9.59 Å². The number of hydrogen-bond acceptors (Lipinski definition) is 5. The molecule has 1 unspecified atom stereocenters. The van der Waals surface area contributed by atoms with Crippen LogP contribution in [0.25, 0.3) is 22.7 Å². The first-order valence-electron chi connectivity index (χ1n) is 14.8. The minimum Gasteiger partial charge on any atom is -0.463 e. The summed E-state index contributed by atoms with van der Waals surface area (Å²) in [4.78, 5) is 33.5. The minimum atomic E-state index is -0.720. The summed E-state index contributed by atoms with van der Waals surface area (Å²) in [6, 6.07) is 31.9. The lowest BCUT2D eigenvalue weighted by molar-refractivity contribution is -0.138. The number of hydrogen-bond donors (Lipinski definition) is 0. The Balaban J connectivity index is 1.44. The third kappa shape index (κ3) is 5.51. The summed E-state index contributed by atoms with van der Waals surface area (Å²) < 4.78 is 9.80. The van der Waals surface area contributed by atoms with E-state index >= 15 is 0 Å². The Morgan fingerprint density at radius 1 is 0.957 bits per heavy atom. The molecule has 6 nitrogen and oxygen atoms in total. The lowest BCUT2D eigenvalue weighted by Gasteiger charge is -2.25. The molecule has 6 aromatic rings. The number of fused-ring (bicyclic) bond motifs is 2. The summed E-state index contributed by atoms with van der Waals surface area (Å²) in [6.45, 7) is 2.50. The maximum atomic E-state index is 14.4. The van der Waals surface area contributed by atoms with E-state index in [4.69, 9.17) is 32.9 Å². The van der Waals surface area contributed by atoms with Crippen LogP contribution in [0.15, 0.2) is 125 Å². The Bertz CT molecular complexity index is 2320. The van der Waals surface area contributed by atoms with Crippen molar-refractivity contribution >= 4 is 63.2 Å². The van der Waals surface area contributed by atoms with Crippen molar-refractivity contribution in [2.75, 3.05) is 6.61 Å². The number of carbonyl (C=O) groups excluding carboxylic acids is 1. The molecule has 0 radical (unpaired) electrons. The van der Waals surface area contributed by atoms with Gasteiger partial charge in [-0.05, 0) is 42.3 Å². The van der Waals surface area contributed by atoms with Gasteiger partial charge in [0.1, 0.15) is 0 Å². The molecule has 0 N–H and O–H groups in total. The smallest absolute Gasteiger partial charge is 0.338 e. The van der Waals surface area contributed by atoms with Crippen molar-refractivity contribution < 1.29 is 9.53 Å². The van der Waals surface area contributed by atoms with Crippen LogP contribution in [0.2, 0.25) is 10.0 Å². The lowest BCUT2D eigenvalue weighted by atomic mass is 9.93. The number of rotatable bonds is 7. The van der Waals surface area contributed by atoms with Gasteiger partial charge in [-0.1, -0.05) is 119 Å². The van der Waals surface area contributed by atoms with E-state index in [-0.39, 0.29) is 12.2 Å². The van der Waals surface area contributed by atoms with Gasteiger partial charge in [0.15, 0.2) is 4.80 Å². The van der Waals surface area contributed by atoms with Crippen molar-refractivity contribution in [2.24, 2.45) is 4.99 Å². The van der Waals surface area contributed by atoms with Gasteiger partial charge < -0.3 is 9.30 Å². The quantitative estimate of drug-likeness (QED) is 0.169. The minimum absolute atomic E-state index is 0.196. The molecule has 1 atom stereocenters. The summed E-state index contributed by atoms with van der Waals surface area (Å²) in [5.74, 6) is -0.503. The number of nitrogens with zero attached hydrogens (tertiary/aromatic N) is 3. The van der Waals surface area contributed by atoms with E-state index in [1.165, 1.54) is 11.3 Å². The number of thiazole rings is 1. The average molecular weight is 665 g/mol. The fraction of sp³-hybridized carbons (Fsp3) is 0.108. The SMILES string of the molecule is CCOC(=O)C1=C(c2ccccc2)N=c2s/c(=C/c3cn(Cc4ccc(Cl)cc4Cl)c4ccccc34)c(=O)n2C1c1ccccc1. The normalized spacial score (nSPS) is 14.8. The van der Waals surface area contributed by atoms with Gasteiger partial charge in [0.05, 0.1) is 28.5 Å². The van der Waals surface area contributed by atoms with Gasteiger partial charge in [-0.25, -0.2) is 9.79 Å². The maximum absolute atomic E-state index is 14.4. The molecule has 0 bridgehead atoms. The molecule has 46 heavy (non-hydrogen) atoms. The third-order valence-corrected chi connectivity index (χ3v) is 9.52. The van der Waals surface area contributed by atoms with Gasteiger partial charge >= 0.3 is 5.97 Å². The molecule has 3 heterocycles. The number of ether oxygens (including phenoxy) is 1. The first kappa shape index (κ1) is 30.0. The van der Waals surface area contributed by atoms with E-state index in [0.29, 0.717) is 37.2 Å². The van der Waals surface area contributed by atoms with Crippen LogP contribution in [-0.4, -0.2) is 21.7 Å². The van der Waals surface area contributed by atoms with Crippen LogP contribution in [0.4, 0.5) is 0 Å². The molecule has 1 aliphatic heterocycles. The molecule has 0 aliphatic carbocycles. The second kappa shape index (κ2) is 12.6. The topological polar surface area (TPSA) is 65.6 Å². The van der Waals surface area contributed by atoms with Gasteiger partial charge in [0.2, 0.25) is 0 Å². The van der Waals surface area contributed by atoms with E-state index in [1.807, 2.05) is 109 Å². The third-order valence-electron chi connectivity index (χ3n) is 7.95. The Kier molecular flexibility index (Phi) is 8.21. The van der Waals surface area contributed by atoms with Gasteiger partial charge in [-0.2, -0.15) is 0 Å². The predicted molar refractivity (Wildman–Crippen MR) is 185 cm³/mol. The maximum Gasteiger partial charge on any atom is 0.338 e. The lowest BCUT2D eigenvalue weighted by Crippen LogP contribution is -2.39.